The van der Waals surface area contributed by atoms with Crippen molar-refractivity contribution in [1.29, 1.82) is 0 Å². The normalized spacial score (nSPS) is 31.2. The van der Waals surface area contributed by atoms with E-state index in [-0.39, 0.29) is 6.04 Å². The first kappa shape index (κ1) is 16.9. The number of aliphatic imine (C=N–C) groups is 1. The molecule has 1 aromatic carbocycles. The van der Waals surface area contributed by atoms with Crippen LogP contribution in [0.1, 0.15) is 36.8 Å². The number of hydrogen-bond acceptors (Lipinski definition) is 4. The number of rotatable bonds is 3. The van der Waals surface area contributed by atoms with E-state index < -0.39 is 23.8 Å². The van der Waals surface area contributed by atoms with E-state index in [2.05, 4.69) is 10.3 Å². The van der Waals surface area contributed by atoms with Gasteiger partial charge in [-0.25, -0.2) is 4.79 Å². The maximum absolute atomic E-state index is 12.9. The zero-order valence-corrected chi connectivity index (χ0v) is 15.1. The average molecular weight is 353 g/mol. The number of fused-ring (bicyclic) bond motifs is 2. The number of benzene rings is 1. The van der Waals surface area contributed by atoms with Gasteiger partial charge < -0.3 is 0 Å². The lowest BCUT2D eigenvalue weighted by Gasteiger charge is -2.36. The van der Waals surface area contributed by atoms with Gasteiger partial charge in [0.15, 0.2) is 5.92 Å². The summed E-state index contributed by atoms with van der Waals surface area (Å²) in [4.78, 5) is 43.0. The first-order valence-electron chi connectivity index (χ1n) is 9.23. The Morgan fingerprint density at radius 2 is 1.92 bits per heavy atom. The molecule has 1 aromatic rings. The van der Waals surface area contributed by atoms with Gasteiger partial charge in [-0.15, -0.1) is 0 Å². The molecule has 3 aliphatic rings. The smallest absolute Gasteiger partial charge is 0.277 e. The van der Waals surface area contributed by atoms with E-state index >= 15 is 0 Å². The summed E-state index contributed by atoms with van der Waals surface area (Å²) in [6.45, 7) is 4.00. The predicted octanol–water partition coefficient (Wildman–Crippen LogP) is 2.89. The van der Waals surface area contributed by atoms with Gasteiger partial charge in [-0.05, 0) is 68.2 Å². The second-order valence-electron chi connectivity index (χ2n) is 7.77. The van der Waals surface area contributed by atoms with E-state index in [0.29, 0.717) is 17.5 Å². The Bertz CT molecular complexity index is 817. The van der Waals surface area contributed by atoms with Crippen LogP contribution in [0.25, 0.3) is 0 Å². The number of urea groups is 1. The molecular formula is C20H23N3O3. The lowest BCUT2D eigenvalue weighted by atomic mass is 9.92. The highest BCUT2D eigenvalue weighted by molar-refractivity contribution is 6.23. The molecular weight excluding hydrogens is 330 g/mol. The zero-order chi connectivity index (χ0) is 18.4. The van der Waals surface area contributed by atoms with E-state index in [0.717, 1.165) is 30.4 Å². The molecule has 0 unspecified atom stereocenters. The van der Waals surface area contributed by atoms with E-state index in [1.165, 1.54) is 17.5 Å². The number of carbonyl (C=O) groups is 3. The number of amides is 4. The van der Waals surface area contributed by atoms with Gasteiger partial charge >= 0.3 is 6.03 Å². The fourth-order valence-electron chi connectivity index (χ4n) is 4.54. The van der Waals surface area contributed by atoms with E-state index in [9.17, 15) is 14.4 Å². The minimum Gasteiger partial charge on any atom is -0.277 e. The van der Waals surface area contributed by atoms with Crippen LogP contribution >= 0.6 is 0 Å². The molecule has 0 spiro atoms. The minimum atomic E-state index is -1.05. The number of imide groups is 2. The Kier molecular flexibility index (Phi) is 4.13. The molecule has 4 atom stereocenters. The van der Waals surface area contributed by atoms with Gasteiger partial charge in [0.2, 0.25) is 11.8 Å². The number of hydrogen-bond donors (Lipinski definition) is 1. The molecule has 3 fully saturated rings. The van der Waals surface area contributed by atoms with Crippen molar-refractivity contribution in [2.75, 3.05) is 0 Å². The third-order valence-electron chi connectivity index (χ3n) is 6.13. The molecule has 0 aromatic heterocycles. The van der Waals surface area contributed by atoms with Gasteiger partial charge in [-0.2, -0.15) is 0 Å². The molecule has 2 bridgehead atoms. The molecule has 2 aliphatic carbocycles. The van der Waals surface area contributed by atoms with Crippen molar-refractivity contribution in [3.8, 4) is 0 Å². The van der Waals surface area contributed by atoms with Gasteiger partial charge in [-0.1, -0.05) is 12.5 Å². The Labute approximate surface area is 152 Å². The molecule has 26 heavy (non-hydrogen) atoms. The Balaban J connectivity index is 1.56. The van der Waals surface area contributed by atoms with Gasteiger partial charge in [0.1, 0.15) is 0 Å². The van der Waals surface area contributed by atoms with Crippen LogP contribution in [0, 0.1) is 31.6 Å². The van der Waals surface area contributed by atoms with Crippen molar-refractivity contribution >= 4 is 29.7 Å². The Hall–Kier alpha value is -2.50. The summed E-state index contributed by atoms with van der Waals surface area (Å²) >= 11 is 0. The lowest BCUT2D eigenvalue weighted by molar-refractivity contribution is -0.141. The minimum absolute atomic E-state index is 0.0770. The van der Waals surface area contributed by atoms with Crippen LogP contribution in [0.15, 0.2) is 23.2 Å². The fraction of sp³-hybridized carbons (Fsp3) is 0.500. The summed E-state index contributed by atoms with van der Waals surface area (Å²) in [5.41, 5.74) is 2.94. The third kappa shape index (κ3) is 2.83. The van der Waals surface area contributed by atoms with Gasteiger partial charge in [0, 0.05) is 12.3 Å². The molecule has 1 heterocycles. The van der Waals surface area contributed by atoms with Crippen LogP contribution in [-0.2, 0) is 9.59 Å². The fourth-order valence-corrected chi connectivity index (χ4v) is 4.54. The quantitative estimate of drug-likeness (QED) is 0.670. The number of nitrogens with zero attached hydrogens (tertiary/aromatic N) is 2. The van der Waals surface area contributed by atoms with Crippen LogP contribution in [0.3, 0.4) is 0 Å². The summed E-state index contributed by atoms with van der Waals surface area (Å²) in [6.07, 6.45) is 5.55. The summed E-state index contributed by atoms with van der Waals surface area (Å²) in [6, 6.07) is 5.06. The summed E-state index contributed by atoms with van der Waals surface area (Å²) in [5.74, 6) is -1.10. The van der Waals surface area contributed by atoms with Crippen molar-refractivity contribution in [2.24, 2.45) is 22.7 Å². The predicted molar refractivity (Wildman–Crippen MR) is 97.2 cm³/mol. The average Bonchev–Trinajstić information content (AvgIpc) is 3.20. The molecule has 4 amide bonds. The van der Waals surface area contributed by atoms with Gasteiger partial charge in [-0.3, -0.25) is 24.8 Å². The SMILES string of the molecule is Cc1ccc(N=C[C@@H]2C(=O)NC(=O)N([C@H]3C[C@H]4CC[C@H]3C4)C2=O)cc1C. The molecule has 6 nitrogen and oxygen atoms in total. The lowest BCUT2D eigenvalue weighted by Crippen LogP contribution is -2.62. The maximum atomic E-state index is 12.9. The molecule has 0 radical (unpaired) electrons. The zero-order valence-electron chi connectivity index (χ0n) is 15.1. The highest BCUT2D eigenvalue weighted by Crippen LogP contribution is 2.47. The van der Waals surface area contributed by atoms with Crippen molar-refractivity contribution in [1.82, 2.24) is 10.2 Å². The number of barbiturate groups is 1. The first-order chi connectivity index (χ1) is 12.4. The molecule has 1 aliphatic heterocycles. The van der Waals surface area contributed by atoms with E-state index in [4.69, 9.17) is 0 Å². The first-order valence-corrected chi connectivity index (χ1v) is 9.23. The Morgan fingerprint density at radius 1 is 1.12 bits per heavy atom. The van der Waals surface area contributed by atoms with Crippen LogP contribution in [-0.4, -0.2) is 35.0 Å². The van der Waals surface area contributed by atoms with Gasteiger partial charge in [0.05, 0.1) is 5.69 Å². The van der Waals surface area contributed by atoms with Crippen LogP contribution in [0.2, 0.25) is 0 Å². The number of nitrogens with one attached hydrogen (secondary N) is 1. The van der Waals surface area contributed by atoms with Crippen molar-refractivity contribution in [2.45, 2.75) is 45.6 Å². The van der Waals surface area contributed by atoms with Crippen molar-refractivity contribution in [3.63, 3.8) is 0 Å². The van der Waals surface area contributed by atoms with Crippen LogP contribution in [0.4, 0.5) is 10.5 Å². The summed E-state index contributed by atoms with van der Waals surface area (Å²) in [5, 5.41) is 2.34. The largest absolute Gasteiger partial charge is 0.331 e. The van der Waals surface area contributed by atoms with E-state index in [1.807, 2.05) is 32.0 Å². The van der Waals surface area contributed by atoms with Crippen molar-refractivity contribution < 1.29 is 14.4 Å². The standard InChI is InChI=1S/C20H23N3O3/c1-11-3-6-15(7-12(11)2)21-10-16-18(24)22-20(26)23(19(16)25)17-9-13-4-5-14(17)8-13/h3,6-7,10,13-14,16-17H,4-5,8-9H2,1-2H3,(H,22,24,26)/t13-,14-,16+,17-/m0/s1. The molecule has 2 saturated carbocycles. The molecule has 136 valence electrons. The van der Waals surface area contributed by atoms with Crippen LogP contribution in [0.5, 0.6) is 0 Å². The summed E-state index contributed by atoms with van der Waals surface area (Å²) in [7, 11) is 0. The number of carbonyl (C=O) groups excluding carboxylic acids is 3. The number of aryl methyl sites for hydroxylation is 2. The monoisotopic (exact) mass is 353 g/mol. The molecule has 1 saturated heterocycles. The highest BCUT2D eigenvalue weighted by Gasteiger charge is 2.50. The Morgan fingerprint density at radius 3 is 2.58 bits per heavy atom. The van der Waals surface area contributed by atoms with Crippen LogP contribution < -0.4 is 5.32 Å². The van der Waals surface area contributed by atoms with Gasteiger partial charge in [0.25, 0.3) is 0 Å². The van der Waals surface area contributed by atoms with Crippen molar-refractivity contribution in [3.05, 3.63) is 29.3 Å². The third-order valence-corrected chi connectivity index (χ3v) is 6.13. The molecule has 6 heteroatoms. The molecule has 4 rings (SSSR count). The summed E-state index contributed by atoms with van der Waals surface area (Å²) < 4.78 is 0. The van der Waals surface area contributed by atoms with E-state index in [1.54, 1.807) is 0 Å². The molecule has 1 N–H and O–H groups in total. The second-order valence-corrected chi connectivity index (χ2v) is 7.77. The highest BCUT2D eigenvalue weighted by atomic mass is 16.2. The topological polar surface area (TPSA) is 78.8 Å². The maximum Gasteiger partial charge on any atom is 0.331 e. The second kappa shape index (κ2) is 6.34.